The average molecular weight is 440 g/mol. The van der Waals surface area contributed by atoms with Crippen molar-refractivity contribution in [1.29, 1.82) is 0 Å². The van der Waals surface area contributed by atoms with E-state index < -0.39 is 5.60 Å². The largest absolute Gasteiger partial charge is 0.494 e. The van der Waals surface area contributed by atoms with Gasteiger partial charge in [-0.15, -0.1) is 12.4 Å². The summed E-state index contributed by atoms with van der Waals surface area (Å²) in [6, 6.07) is 15.7. The van der Waals surface area contributed by atoms with Crippen molar-refractivity contribution in [2.75, 3.05) is 39.5 Å². The zero-order chi connectivity index (χ0) is 20.0. The smallest absolute Gasteiger partial charge is 0.119 e. The maximum absolute atomic E-state index is 11.9. The molecule has 0 radical (unpaired) electrons. The number of rotatable bonds is 8. The van der Waals surface area contributed by atoms with Crippen LogP contribution in [0.15, 0.2) is 48.5 Å². The van der Waals surface area contributed by atoms with E-state index in [-0.39, 0.29) is 18.3 Å². The second-order valence-electron chi connectivity index (χ2n) is 7.25. The Morgan fingerprint density at radius 1 is 1.07 bits per heavy atom. The highest BCUT2D eigenvalue weighted by atomic mass is 35.5. The normalized spacial score (nSPS) is 17.8. The monoisotopic (exact) mass is 439 g/mol. The first-order valence-corrected chi connectivity index (χ1v) is 10.5. The first-order chi connectivity index (χ1) is 13.6. The van der Waals surface area contributed by atoms with Gasteiger partial charge in [0.05, 0.1) is 25.4 Å². The zero-order valence-corrected chi connectivity index (χ0v) is 18.7. The molecule has 2 aromatic carbocycles. The number of morpholine rings is 1. The summed E-state index contributed by atoms with van der Waals surface area (Å²) in [5.74, 6) is 0.742. The molecule has 0 saturated carbocycles. The van der Waals surface area contributed by atoms with Crippen molar-refractivity contribution in [3.63, 3.8) is 0 Å². The van der Waals surface area contributed by atoms with Gasteiger partial charge in [0.2, 0.25) is 0 Å². The van der Waals surface area contributed by atoms with Gasteiger partial charge in [0.15, 0.2) is 0 Å². The molecule has 4 nitrogen and oxygen atoms in total. The number of nitrogens with zero attached hydrogens (tertiary/aromatic N) is 1. The van der Waals surface area contributed by atoms with E-state index >= 15 is 0 Å². The van der Waals surface area contributed by atoms with Gasteiger partial charge in [0, 0.05) is 30.6 Å². The molecule has 160 valence electrons. The molecule has 1 N–H and O–H groups in total. The number of hydrogen-bond acceptors (Lipinski definition) is 4. The molecular weight excluding hydrogens is 409 g/mol. The molecule has 2 atom stereocenters. The first kappa shape index (κ1) is 24.0. The van der Waals surface area contributed by atoms with E-state index in [0.717, 1.165) is 49.7 Å². The van der Waals surface area contributed by atoms with Crippen molar-refractivity contribution in [3.8, 4) is 5.75 Å². The lowest BCUT2D eigenvalue weighted by atomic mass is 9.75. The number of benzene rings is 2. The topological polar surface area (TPSA) is 41.9 Å². The second-order valence-corrected chi connectivity index (χ2v) is 7.69. The van der Waals surface area contributed by atoms with Crippen LogP contribution < -0.4 is 4.74 Å². The summed E-state index contributed by atoms with van der Waals surface area (Å²) < 4.78 is 11.1. The minimum Gasteiger partial charge on any atom is -0.494 e. The lowest BCUT2D eigenvalue weighted by Gasteiger charge is -2.40. The van der Waals surface area contributed by atoms with Gasteiger partial charge in [0.1, 0.15) is 5.75 Å². The third-order valence-corrected chi connectivity index (χ3v) is 5.85. The lowest BCUT2D eigenvalue weighted by Crippen LogP contribution is -2.44. The van der Waals surface area contributed by atoms with Crippen molar-refractivity contribution < 1.29 is 14.6 Å². The molecule has 0 spiro atoms. The number of halogens is 2. The third-order valence-electron chi connectivity index (χ3n) is 5.60. The van der Waals surface area contributed by atoms with Gasteiger partial charge in [-0.3, -0.25) is 4.90 Å². The fourth-order valence-electron chi connectivity index (χ4n) is 3.93. The minimum atomic E-state index is -0.989. The Morgan fingerprint density at radius 3 is 2.24 bits per heavy atom. The molecule has 0 aliphatic carbocycles. The molecule has 29 heavy (non-hydrogen) atoms. The van der Waals surface area contributed by atoms with E-state index in [1.54, 1.807) is 0 Å². The maximum Gasteiger partial charge on any atom is 0.119 e. The van der Waals surface area contributed by atoms with Crippen molar-refractivity contribution in [2.24, 2.45) is 0 Å². The second kappa shape index (κ2) is 11.2. The highest BCUT2D eigenvalue weighted by Crippen LogP contribution is 2.41. The van der Waals surface area contributed by atoms with E-state index in [2.05, 4.69) is 4.90 Å². The third kappa shape index (κ3) is 5.87. The maximum atomic E-state index is 11.9. The van der Waals surface area contributed by atoms with Gasteiger partial charge in [-0.2, -0.15) is 0 Å². The molecule has 1 aliphatic rings. The van der Waals surface area contributed by atoms with Crippen molar-refractivity contribution >= 4 is 24.0 Å². The predicted octanol–water partition coefficient (Wildman–Crippen LogP) is 4.87. The molecule has 2 aromatic rings. The van der Waals surface area contributed by atoms with Gasteiger partial charge in [-0.25, -0.2) is 0 Å². The Hall–Kier alpha value is -1.30. The summed E-state index contributed by atoms with van der Waals surface area (Å²) in [6.07, 6.45) is 0.610. The summed E-state index contributed by atoms with van der Waals surface area (Å²) in [6.45, 7) is 8.64. The zero-order valence-electron chi connectivity index (χ0n) is 17.1. The molecule has 0 amide bonds. The van der Waals surface area contributed by atoms with E-state index in [0.29, 0.717) is 18.1 Å². The van der Waals surface area contributed by atoms with Crippen LogP contribution in [0.3, 0.4) is 0 Å². The Bertz CT molecular complexity index is 733. The Morgan fingerprint density at radius 2 is 1.69 bits per heavy atom. The van der Waals surface area contributed by atoms with Crippen LogP contribution in [0.2, 0.25) is 5.02 Å². The van der Waals surface area contributed by atoms with Gasteiger partial charge in [0.25, 0.3) is 0 Å². The molecule has 2 unspecified atom stereocenters. The Kier molecular flexibility index (Phi) is 9.25. The number of hydrogen-bond donors (Lipinski definition) is 1. The van der Waals surface area contributed by atoms with Crippen molar-refractivity contribution in [2.45, 2.75) is 31.8 Å². The Labute approximate surface area is 185 Å². The predicted molar refractivity (Wildman–Crippen MR) is 120 cm³/mol. The molecule has 0 aromatic heterocycles. The summed E-state index contributed by atoms with van der Waals surface area (Å²) in [5, 5.41) is 12.6. The van der Waals surface area contributed by atoms with Crippen LogP contribution in [0, 0.1) is 0 Å². The van der Waals surface area contributed by atoms with Crippen molar-refractivity contribution in [1.82, 2.24) is 4.90 Å². The van der Waals surface area contributed by atoms with E-state index in [4.69, 9.17) is 21.1 Å². The quantitative estimate of drug-likeness (QED) is 0.636. The van der Waals surface area contributed by atoms with Crippen LogP contribution in [-0.4, -0.2) is 49.5 Å². The molecule has 1 aliphatic heterocycles. The van der Waals surface area contributed by atoms with Crippen molar-refractivity contribution in [3.05, 3.63) is 64.7 Å². The molecule has 0 bridgehead atoms. The van der Waals surface area contributed by atoms with Crippen LogP contribution in [0.4, 0.5) is 0 Å². The lowest BCUT2D eigenvalue weighted by molar-refractivity contribution is -0.0250. The fourth-order valence-corrected chi connectivity index (χ4v) is 4.05. The van der Waals surface area contributed by atoms with Gasteiger partial charge >= 0.3 is 0 Å². The fraction of sp³-hybridized carbons (Fsp3) is 0.478. The minimum absolute atomic E-state index is 0. The van der Waals surface area contributed by atoms with Gasteiger partial charge in [-0.1, -0.05) is 42.8 Å². The molecule has 1 fully saturated rings. The number of ether oxygens (including phenoxy) is 2. The summed E-state index contributed by atoms with van der Waals surface area (Å²) in [7, 11) is 0. The van der Waals surface area contributed by atoms with E-state index in [1.165, 1.54) is 0 Å². The molecule has 1 saturated heterocycles. The standard InChI is InChI=1S/C23H30ClNO3.ClH/c1-3-23(26,19-7-11-21(12-8-19)28-4-2)22(17-25-13-15-27-16-14-25)18-5-9-20(24)10-6-18;/h5-12,22,26H,3-4,13-17H2,1-2H3;1H. The van der Waals surface area contributed by atoms with Gasteiger partial charge < -0.3 is 14.6 Å². The molecule has 3 rings (SSSR count). The highest BCUT2D eigenvalue weighted by molar-refractivity contribution is 6.30. The van der Waals surface area contributed by atoms with Crippen LogP contribution in [0.1, 0.15) is 37.3 Å². The van der Waals surface area contributed by atoms with E-state index in [1.807, 2.05) is 62.4 Å². The number of aliphatic hydroxyl groups is 1. The van der Waals surface area contributed by atoms with E-state index in [9.17, 15) is 5.11 Å². The Balaban J connectivity index is 0.00000300. The van der Waals surface area contributed by atoms with Crippen LogP contribution in [0.25, 0.3) is 0 Å². The van der Waals surface area contributed by atoms with Crippen LogP contribution >= 0.6 is 24.0 Å². The molecule has 6 heteroatoms. The molecule has 1 heterocycles. The highest BCUT2D eigenvalue weighted by Gasteiger charge is 2.39. The summed E-state index contributed by atoms with van der Waals surface area (Å²) in [5.41, 5.74) is 1.01. The first-order valence-electron chi connectivity index (χ1n) is 10.1. The SMILES string of the molecule is CCOc1ccc(C(O)(CC)C(CN2CCOCC2)c2ccc(Cl)cc2)cc1.Cl. The van der Waals surface area contributed by atoms with Crippen LogP contribution in [0.5, 0.6) is 5.75 Å². The summed E-state index contributed by atoms with van der Waals surface area (Å²) >= 11 is 6.12. The average Bonchev–Trinajstić information content (AvgIpc) is 2.74. The van der Waals surface area contributed by atoms with Gasteiger partial charge in [-0.05, 0) is 48.7 Å². The molecular formula is C23H31Cl2NO3. The summed E-state index contributed by atoms with van der Waals surface area (Å²) in [4.78, 5) is 2.37. The van der Waals surface area contributed by atoms with Crippen LogP contribution in [-0.2, 0) is 10.3 Å².